The lowest BCUT2D eigenvalue weighted by Gasteiger charge is -2.06. The summed E-state index contributed by atoms with van der Waals surface area (Å²) in [5, 5.41) is 8.50. The second-order valence-electron chi connectivity index (χ2n) is 4.62. The van der Waals surface area contributed by atoms with E-state index in [1.165, 1.54) is 5.56 Å². The van der Waals surface area contributed by atoms with E-state index in [-0.39, 0.29) is 6.42 Å². The van der Waals surface area contributed by atoms with Crippen molar-refractivity contribution in [1.82, 2.24) is 0 Å². The van der Waals surface area contributed by atoms with Crippen LogP contribution >= 0.6 is 0 Å². The van der Waals surface area contributed by atoms with E-state index in [4.69, 9.17) is 5.11 Å². The molecule has 0 aliphatic rings. The number of carbonyl (C=O) groups is 1. The van der Waals surface area contributed by atoms with Gasteiger partial charge in [-0.25, -0.2) is 0 Å². The van der Waals surface area contributed by atoms with Crippen LogP contribution < -0.4 is 0 Å². The van der Waals surface area contributed by atoms with Gasteiger partial charge in [-0.2, -0.15) is 0 Å². The summed E-state index contributed by atoms with van der Waals surface area (Å²) in [5.74, 6) is 0.221. The SMILES string of the molecule is CC(C)c1ccc(S(=O)CCCCC(=O)O)cc1. The van der Waals surface area contributed by atoms with Crippen molar-refractivity contribution in [2.45, 2.75) is 43.9 Å². The highest BCUT2D eigenvalue weighted by Gasteiger charge is 2.05. The quantitative estimate of drug-likeness (QED) is 0.773. The Balaban J connectivity index is 2.44. The summed E-state index contributed by atoms with van der Waals surface area (Å²) in [7, 11) is -1.01. The maximum Gasteiger partial charge on any atom is 0.303 e. The lowest BCUT2D eigenvalue weighted by atomic mass is 10.0. The molecule has 0 heterocycles. The van der Waals surface area contributed by atoms with E-state index < -0.39 is 16.8 Å². The molecular formula is C14H20O3S. The van der Waals surface area contributed by atoms with Crippen LogP contribution in [0.15, 0.2) is 29.2 Å². The molecule has 0 aromatic heterocycles. The molecule has 3 nitrogen and oxygen atoms in total. The second-order valence-corrected chi connectivity index (χ2v) is 6.19. The van der Waals surface area contributed by atoms with Crippen LogP contribution in [-0.2, 0) is 15.6 Å². The van der Waals surface area contributed by atoms with Gasteiger partial charge >= 0.3 is 5.97 Å². The maximum atomic E-state index is 11.9. The highest BCUT2D eigenvalue weighted by Crippen LogP contribution is 2.17. The number of unbranched alkanes of at least 4 members (excludes halogenated alkanes) is 1. The Morgan fingerprint density at radius 3 is 2.33 bits per heavy atom. The van der Waals surface area contributed by atoms with Gasteiger partial charge in [0, 0.05) is 17.1 Å². The predicted molar refractivity (Wildman–Crippen MR) is 73.3 cm³/mol. The summed E-state index contributed by atoms with van der Waals surface area (Å²) in [4.78, 5) is 11.2. The Kier molecular flexibility index (Phi) is 6.05. The van der Waals surface area contributed by atoms with E-state index in [2.05, 4.69) is 13.8 Å². The van der Waals surface area contributed by atoms with E-state index in [1.54, 1.807) is 0 Å². The molecule has 4 heteroatoms. The normalized spacial score (nSPS) is 12.6. The summed E-state index contributed by atoms with van der Waals surface area (Å²) >= 11 is 0. The number of aliphatic carboxylic acids is 1. The van der Waals surface area contributed by atoms with Crippen molar-refractivity contribution in [3.05, 3.63) is 29.8 Å². The zero-order chi connectivity index (χ0) is 13.5. The average Bonchev–Trinajstić information content (AvgIpc) is 2.34. The summed E-state index contributed by atoms with van der Waals surface area (Å²) in [5.41, 5.74) is 1.24. The van der Waals surface area contributed by atoms with Gasteiger partial charge in [0.1, 0.15) is 0 Å². The topological polar surface area (TPSA) is 54.4 Å². The fourth-order valence-corrected chi connectivity index (χ4v) is 2.77. The number of carboxylic acids is 1. The van der Waals surface area contributed by atoms with Crippen LogP contribution in [0.2, 0.25) is 0 Å². The van der Waals surface area contributed by atoms with Crippen molar-refractivity contribution in [2.24, 2.45) is 0 Å². The van der Waals surface area contributed by atoms with Crippen molar-refractivity contribution >= 4 is 16.8 Å². The van der Waals surface area contributed by atoms with Gasteiger partial charge in [-0.05, 0) is 36.5 Å². The standard InChI is InChI=1S/C14H20O3S/c1-11(2)12-6-8-13(9-7-12)18(17)10-4-3-5-14(15)16/h6-9,11H,3-5,10H2,1-2H3,(H,15,16). The van der Waals surface area contributed by atoms with Gasteiger partial charge in [-0.1, -0.05) is 26.0 Å². The molecule has 0 bridgehead atoms. The van der Waals surface area contributed by atoms with Gasteiger partial charge in [0.05, 0.1) is 10.8 Å². The average molecular weight is 268 g/mol. The first kappa shape index (κ1) is 14.9. The van der Waals surface area contributed by atoms with Crippen molar-refractivity contribution in [1.29, 1.82) is 0 Å². The van der Waals surface area contributed by atoms with Crippen LogP contribution in [0.4, 0.5) is 0 Å². The molecule has 1 aromatic rings. The van der Waals surface area contributed by atoms with E-state index >= 15 is 0 Å². The van der Waals surface area contributed by atoms with Gasteiger partial charge < -0.3 is 5.11 Å². The van der Waals surface area contributed by atoms with E-state index in [0.717, 1.165) is 4.90 Å². The summed E-state index contributed by atoms with van der Waals surface area (Å²) < 4.78 is 11.9. The Morgan fingerprint density at radius 1 is 1.22 bits per heavy atom. The minimum absolute atomic E-state index is 0.156. The smallest absolute Gasteiger partial charge is 0.303 e. The molecule has 0 fully saturated rings. The van der Waals surface area contributed by atoms with Gasteiger partial charge in [0.2, 0.25) is 0 Å². The van der Waals surface area contributed by atoms with Crippen molar-refractivity contribution in [3.8, 4) is 0 Å². The minimum Gasteiger partial charge on any atom is -0.481 e. The predicted octanol–water partition coefficient (Wildman–Crippen LogP) is 3.17. The zero-order valence-corrected chi connectivity index (χ0v) is 11.7. The van der Waals surface area contributed by atoms with Crippen molar-refractivity contribution < 1.29 is 14.1 Å². The number of rotatable bonds is 7. The lowest BCUT2D eigenvalue weighted by molar-refractivity contribution is -0.137. The number of carboxylic acid groups (broad SMARTS) is 1. The summed E-state index contributed by atoms with van der Waals surface area (Å²) in [6, 6.07) is 7.83. The Labute approximate surface area is 111 Å². The molecule has 0 aliphatic carbocycles. The minimum atomic E-state index is -1.01. The van der Waals surface area contributed by atoms with Crippen LogP contribution in [0.5, 0.6) is 0 Å². The fraction of sp³-hybridized carbons (Fsp3) is 0.500. The van der Waals surface area contributed by atoms with Gasteiger partial charge in [0.15, 0.2) is 0 Å². The molecular weight excluding hydrogens is 248 g/mol. The molecule has 0 spiro atoms. The van der Waals surface area contributed by atoms with Gasteiger partial charge in [0.25, 0.3) is 0 Å². The van der Waals surface area contributed by atoms with Crippen LogP contribution in [0.1, 0.15) is 44.6 Å². The van der Waals surface area contributed by atoms with Crippen molar-refractivity contribution in [2.75, 3.05) is 5.75 Å². The highest BCUT2D eigenvalue weighted by atomic mass is 32.2. The van der Waals surface area contributed by atoms with Crippen LogP contribution in [0.25, 0.3) is 0 Å². The molecule has 0 saturated heterocycles. The molecule has 1 N–H and O–H groups in total. The monoisotopic (exact) mass is 268 g/mol. The molecule has 1 unspecified atom stereocenters. The second kappa shape index (κ2) is 7.31. The number of hydrogen-bond donors (Lipinski definition) is 1. The lowest BCUT2D eigenvalue weighted by Crippen LogP contribution is -2.01. The van der Waals surface area contributed by atoms with Crippen molar-refractivity contribution in [3.63, 3.8) is 0 Å². The van der Waals surface area contributed by atoms with Crippen LogP contribution in [0, 0.1) is 0 Å². The third-order valence-corrected chi connectivity index (χ3v) is 4.24. The molecule has 0 saturated carbocycles. The first-order chi connectivity index (χ1) is 8.50. The third-order valence-electron chi connectivity index (χ3n) is 2.78. The van der Waals surface area contributed by atoms with Gasteiger partial charge in [-0.3, -0.25) is 9.00 Å². The number of benzene rings is 1. The van der Waals surface area contributed by atoms with Gasteiger partial charge in [-0.15, -0.1) is 0 Å². The maximum absolute atomic E-state index is 11.9. The first-order valence-corrected chi connectivity index (χ1v) is 7.52. The van der Waals surface area contributed by atoms with E-state index in [0.29, 0.717) is 24.5 Å². The van der Waals surface area contributed by atoms with Crippen LogP contribution in [0.3, 0.4) is 0 Å². The molecule has 1 atom stereocenters. The Bertz CT molecular complexity index is 410. The third kappa shape index (κ3) is 5.00. The fourth-order valence-electron chi connectivity index (χ4n) is 1.63. The zero-order valence-electron chi connectivity index (χ0n) is 10.9. The number of hydrogen-bond acceptors (Lipinski definition) is 2. The molecule has 0 aliphatic heterocycles. The van der Waals surface area contributed by atoms with E-state index in [1.807, 2.05) is 24.3 Å². The molecule has 1 aromatic carbocycles. The summed E-state index contributed by atoms with van der Waals surface area (Å²) in [6.07, 6.45) is 1.43. The summed E-state index contributed by atoms with van der Waals surface area (Å²) in [6.45, 7) is 4.25. The molecule has 0 amide bonds. The Hall–Kier alpha value is -1.16. The molecule has 1 rings (SSSR count). The molecule has 0 radical (unpaired) electrons. The Morgan fingerprint density at radius 2 is 1.83 bits per heavy atom. The first-order valence-electron chi connectivity index (χ1n) is 6.21. The molecule has 100 valence electrons. The molecule has 18 heavy (non-hydrogen) atoms. The largest absolute Gasteiger partial charge is 0.481 e. The highest BCUT2D eigenvalue weighted by molar-refractivity contribution is 7.85. The van der Waals surface area contributed by atoms with Crippen LogP contribution in [-0.4, -0.2) is 21.0 Å². The van der Waals surface area contributed by atoms with E-state index in [9.17, 15) is 9.00 Å².